The molecule has 0 aliphatic carbocycles. The number of nitrogens with zero attached hydrogens (tertiary/aromatic N) is 5. The number of halogens is 4. The number of nitrogens with one attached hydrogen (secondary N) is 2. The molecule has 4 aromatic rings. The Morgan fingerprint density at radius 3 is 2.53 bits per heavy atom. The molecular formula is C28H23BrF3N7O3S. The number of aryl methyl sites for hydroxylation is 1. The molecule has 15 heteroatoms. The summed E-state index contributed by atoms with van der Waals surface area (Å²) in [6.07, 6.45) is -3.31. The molecule has 1 saturated heterocycles. The highest BCUT2D eigenvalue weighted by atomic mass is 79.9. The number of carbonyl (C=O) groups excluding carboxylic acids is 2. The Hall–Kier alpha value is -4.21. The van der Waals surface area contributed by atoms with Crippen LogP contribution in [0.1, 0.15) is 24.1 Å². The van der Waals surface area contributed by atoms with Crippen molar-refractivity contribution < 1.29 is 27.5 Å². The zero-order chi connectivity index (χ0) is 30.7. The molecule has 3 aromatic carbocycles. The van der Waals surface area contributed by atoms with Gasteiger partial charge >= 0.3 is 12.4 Å². The molecule has 0 bridgehead atoms. The Labute approximate surface area is 256 Å². The Kier molecular flexibility index (Phi) is 8.84. The highest BCUT2D eigenvalue weighted by Crippen LogP contribution is 2.31. The number of amidine groups is 1. The van der Waals surface area contributed by atoms with Crippen LogP contribution in [-0.4, -0.2) is 44.0 Å². The first kappa shape index (κ1) is 30.3. The number of anilines is 1. The van der Waals surface area contributed by atoms with Gasteiger partial charge in [0.25, 0.3) is 0 Å². The number of rotatable bonds is 7. The van der Waals surface area contributed by atoms with Crippen molar-refractivity contribution in [3.63, 3.8) is 0 Å². The second-order valence-corrected chi connectivity index (χ2v) is 11.2. The maximum atomic E-state index is 12.6. The summed E-state index contributed by atoms with van der Waals surface area (Å²) in [6.45, 7) is 3.73. The number of carbonyl (C=O) groups is 2. The van der Waals surface area contributed by atoms with E-state index in [0.29, 0.717) is 27.9 Å². The predicted octanol–water partition coefficient (Wildman–Crippen LogP) is 6.32. The summed E-state index contributed by atoms with van der Waals surface area (Å²) in [5.74, 6) is 0.112. The molecule has 10 nitrogen and oxygen atoms in total. The van der Waals surface area contributed by atoms with E-state index in [9.17, 15) is 22.8 Å². The smallest absolute Gasteiger partial charge is 0.406 e. The number of aromatic nitrogens is 3. The van der Waals surface area contributed by atoms with Crippen molar-refractivity contribution in [2.24, 2.45) is 4.99 Å². The van der Waals surface area contributed by atoms with E-state index in [1.54, 1.807) is 0 Å². The molecule has 1 atom stereocenters. The number of hydrogen-bond donors (Lipinski definition) is 2. The fourth-order valence-corrected chi connectivity index (χ4v) is 5.32. The van der Waals surface area contributed by atoms with Crippen LogP contribution in [0, 0.1) is 6.92 Å². The summed E-state index contributed by atoms with van der Waals surface area (Å²) in [5.41, 5.74) is 9.10. The first-order chi connectivity index (χ1) is 20.5. The number of aliphatic imine (C=N–C) groups is 1. The van der Waals surface area contributed by atoms with E-state index in [1.807, 2.05) is 56.3 Å². The van der Waals surface area contributed by atoms with Crippen molar-refractivity contribution >= 4 is 50.5 Å². The van der Waals surface area contributed by atoms with Crippen LogP contribution < -0.4 is 20.5 Å². The second-order valence-electron chi connectivity index (χ2n) is 9.32. The number of thioether (sulfide) groups is 1. The van der Waals surface area contributed by atoms with Crippen molar-refractivity contribution in [2.75, 3.05) is 10.7 Å². The molecule has 1 aromatic heterocycles. The minimum Gasteiger partial charge on any atom is -0.406 e. The summed E-state index contributed by atoms with van der Waals surface area (Å²) in [6, 6.07) is 17.2. The van der Waals surface area contributed by atoms with Crippen molar-refractivity contribution in [3.05, 3.63) is 88.7 Å². The van der Waals surface area contributed by atoms with Crippen LogP contribution in [-0.2, 0) is 4.79 Å². The van der Waals surface area contributed by atoms with Gasteiger partial charge in [-0.15, -0.1) is 18.3 Å². The minimum absolute atomic E-state index is 0.160. The molecule has 43 heavy (non-hydrogen) atoms. The van der Waals surface area contributed by atoms with Gasteiger partial charge in [-0.1, -0.05) is 58.0 Å². The monoisotopic (exact) mass is 673 g/mol. The molecular weight excluding hydrogens is 651 g/mol. The van der Waals surface area contributed by atoms with Crippen LogP contribution in [0.5, 0.6) is 5.75 Å². The molecule has 3 amide bonds. The first-order valence-electron chi connectivity index (χ1n) is 12.7. The topological polar surface area (TPSA) is 114 Å². The second kappa shape index (κ2) is 12.6. The Morgan fingerprint density at radius 1 is 1.12 bits per heavy atom. The summed E-state index contributed by atoms with van der Waals surface area (Å²) >= 11 is 4.61. The third-order valence-corrected chi connectivity index (χ3v) is 7.68. The van der Waals surface area contributed by atoms with Gasteiger partial charge in [-0.25, -0.2) is 19.9 Å². The SMILES string of the molecule is Cc1ccc(Br)cc1N1C(=O)CS/C1=N\C(=O)NNC(C)c1ccc(-c2ncn(-c3ccc(OC(F)(F)F)cc3)n2)cc1. The van der Waals surface area contributed by atoms with Crippen LogP contribution >= 0.6 is 27.7 Å². The molecule has 2 N–H and O–H groups in total. The highest BCUT2D eigenvalue weighted by Gasteiger charge is 2.32. The van der Waals surface area contributed by atoms with Crippen LogP contribution in [0.3, 0.4) is 0 Å². The van der Waals surface area contributed by atoms with Crippen molar-refractivity contribution in [1.82, 2.24) is 25.6 Å². The van der Waals surface area contributed by atoms with Crippen molar-refractivity contribution in [3.8, 4) is 22.8 Å². The lowest BCUT2D eigenvalue weighted by molar-refractivity contribution is -0.274. The van der Waals surface area contributed by atoms with E-state index in [-0.39, 0.29) is 23.5 Å². The lowest BCUT2D eigenvalue weighted by atomic mass is 10.1. The molecule has 1 aliphatic heterocycles. The maximum Gasteiger partial charge on any atom is 0.573 e. The highest BCUT2D eigenvalue weighted by molar-refractivity contribution is 9.10. The number of urea groups is 1. The van der Waals surface area contributed by atoms with Gasteiger partial charge in [0.1, 0.15) is 12.1 Å². The van der Waals surface area contributed by atoms with Crippen LogP contribution in [0.2, 0.25) is 0 Å². The first-order valence-corrected chi connectivity index (χ1v) is 14.5. The van der Waals surface area contributed by atoms with Gasteiger partial charge in [-0.2, -0.15) is 4.99 Å². The molecule has 5 rings (SSSR count). The summed E-state index contributed by atoms with van der Waals surface area (Å²) in [5, 5.41) is 4.70. The molecule has 1 aliphatic rings. The summed E-state index contributed by atoms with van der Waals surface area (Å²) < 4.78 is 43.3. The Balaban J connectivity index is 1.19. The van der Waals surface area contributed by atoms with E-state index in [0.717, 1.165) is 15.6 Å². The third-order valence-electron chi connectivity index (χ3n) is 6.27. The lowest BCUT2D eigenvalue weighted by Crippen LogP contribution is -2.39. The number of hydrogen-bond acceptors (Lipinski definition) is 7. The van der Waals surface area contributed by atoms with Gasteiger partial charge in [-0.3, -0.25) is 15.1 Å². The number of hydrazine groups is 1. The molecule has 0 saturated carbocycles. The van der Waals surface area contributed by atoms with E-state index in [4.69, 9.17) is 0 Å². The lowest BCUT2D eigenvalue weighted by Gasteiger charge is -2.19. The van der Waals surface area contributed by atoms with Gasteiger partial charge in [0.2, 0.25) is 5.91 Å². The van der Waals surface area contributed by atoms with Crippen LogP contribution in [0.4, 0.5) is 23.7 Å². The van der Waals surface area contributed by atoms with Crippen molar-refractivity contribution in [1.29, 1.82) is 0 Å². The van der Waals surface area contributed by atoms with E-state index < -0.39 is 12.4 Å². The van der Waals surface area contributed by atoms with Crippen molar-refractivity contribution in [2.45, 2.75) is 26.3 Å². The molecule has 2 heterocycles. The van der Waals surface area contributed by atoms with Gasteiger partial charge < -0.3 is 4.74 Å². The number of ether oxygens (including phenoxy) is 1. The minimum atomic E-state index is -4.76. The third kappa shape index (κ3) is 7.42. The average Bonchev–Trinajstić information content (AvgIpc) is 3.60. The molecule has 1 unspecified atom stereocenters. The van der Waals surface area contributed by atoms with E-state index >= 15 is 0 Å². The standard InChI is InChI=1S/C28H23BrF3N7O3S/c1-16-3-8-20(29)13-23(16)39-24(40)14-43-27(39)34-26(41)36-35-17(2)18-4-6-19(7-5-18)25-33-15-38(37-25)21-9-11-22(12-10-21)42-28(30,31)32/h3-13,15,17,35H,14H2,1-2H3,(H,36,41)/b34-27-. The fourth-order valence-electron chi connectivity index (χ4n) is 4.11. The number of amides is 3. The fraction of sp³-hybridized carbons (Fsp3) is 0.179. The normalized spacial score (nSPS) is 15.2. The van der Waals surface area contributed by atoms with Gasteiger partial charge in [-0.05, 0) is 61.4 Å². The van der Waals surface area contributed by atoms with Gasteiger partial charge in [0.15, 0.2) is 11.0 Å². The molecule has 0 spiro atoms. The van der Waals surface area contributed by atoms with E-state index in [2.05, 4.69) is 46.6 Å². The molecule has 222 valence electrons. The average molecular weight is 675 g/mol. The van der Waals surface area contributed by atoms with Gasteiger partial charge in [0.05, 0.1) is 17.1 Å². The number of benzene rings is 3. The van der Waals surface area contributed by atoms with E-state index in [1.165, 1.54) is 51.9 Å². The number of alkyl halides is 3. The zero-order valence-electron chi connectivity index (χ0n) is 22.6. The Morgan fingerprint density at radius 2 is 1.84 bits per heavy atom. The summed E-state index contributed by atoms with van der Waals surface area (Å²) in [4.78, 5) is 35.0. The summed E-state index contributed by atoms with van der Waals surface area (Å²) in [7, 11) is 0. The largest absolute Gasteiger partial charge is 0.573 e. The predicted molar refractivity (Wildman–Crippen MR) is 160 cm³/mol. The Bertz CT molecular complexity index is 1680. The maximum absolute atomic E-state index is 12.6. The molecule has 0 radical (unpaired) electrons. The van der Waals surface area contributed by atoms with Gasteiger partial charge in [0, 0.05) is 16.1 Å². The van der Waals surface area contributed by atoms with Crippen LogP contribution in [0.15, 0.2) is 82.5 Å². The molecule has 1 fully saturated rings. The van der Waals surface area contributed by atoms with Crippen LogP contribution in [0.25, 0.3) is 17.1 Å². The quantitative estimate of drug-likeness (QED) is 0.221. The zero-order valence-corrected chi connectivity index (χ0v) is 25.0.